The Hall–Kier alpha value is -3.91. The highest BCUT2D eigenvalue weighted by atomic mass is 16.5. The van der Waals surface area contributed by atoms with Crippen LogP contribution in [0.3, 0.4) is 0 Å². The predicted molar refractivity (Wildman–Crippen MR) is 131 cm³/mol. The highest BCUT2D eigenvalue weighted by Gasteiger charge is 2.18. The second kappa shape index (κ2) is 9.93. The minimum atomic E-state index is 0.156. The molecule has 2 aromatic heterocycles. The number of piperidine rings is 1. The average Bonchev–Trinajstić information content (AvgIpc) is 2.87. The zero-order valence-corrected chi connectivity index (χ0v) is 19.2. The third-order valence-electron chi connectivity index (χ3n) is 5.80. The molecule has 34 heavy (non-hydrogen) atoms. The number of pyridine rings is 1. The quantitative estimate of drug-likeness (QED) is 0.400. The van der Waals surface area contributed by atoms with Crippen LogP contribution >= 0.6 is 0 Å². The van der Waals surface area contributed by atoms with Gasteiger partial charge in [-0.15, -0.1) is 0 Å². The number of hydrogen-bond donors (Lipinski definition) is 2. The van der Waals surface area contributed by atoms with Gasteiger partial charge < -0.3 is 24.8 Å². The van der Waals surface area contributed by atoms with Crippen LogP contribution in [0.2, 0.25) is 0 Å². The molecular formula is C26H27N5O3. The van der Waals surface area contributed by atoms with Crippen LogP contribution < -0.4 is 24.8 Å². The molecule has 4 aromatic rings. The number of aromatic nitrogens is 3. The van der Waals surface area contributed by atoms with Crippen molar-refractivity contribution in [1.82, 2.24) is 20.3 Å². The van der Waals surface area contributed by atoms with Crippen LogP contribution in [0.1, 0.15) is 18.4 Å². The molecule has 1 aliphatic heterocycles. The largest absolute Gasteiger partial charge is 0.493 e. The van der Waals surface area contributed by atoms with Gasteiger partial charge in [0.05, 0.1) is 18.8 Å². The number of nitrogens with one attached hydrogen (secondary N) is 2. The first-order valence-electron chi connectivity index (χ1n) is 11.4. The molecule has 0 aliphatic carbocycles. The third kappa shape index (κ3) is 4.87. The molecule has 0 spiro atoms. The van der Waals surface area contributed by atoms with E-state index in [1.165, 1.54) is 0 Å². The number of rotatable bonds is 7. The van der Waals surface area contributed by atoms with Crippen LogP contribution in [0.4, 0.5) is 11.5 Å². The van der Waals surface area contributed by atoms with E-state index < -0.39 is 0 Å². The van der Waals surface area contributed by atoms with Crippen molar-refractivity contribution in [2.24, 2.45) is 0 Å². The van der Waals surface area contributed by atoms with Crippen molar-refractivity contribution in [2.75, 3.05) is 25.5 Å². The number of hydrogen-bond acceptors (Lipinski definition) is 8. The molecule has 1 saturated heterocycles. The number of fused-ring (bicyclic) bond motifs is 1. The standard InChI is InChI=1S/C26H27N5O3/c1-17-12-18(5-6-23(17)34-20-4-3-9-28-15-20)31-26-21-13-25(33-19-7-10-27-11-8-19)24(32-2)14-22(21)29-16-30-26/h3-6,9,12-16,19,27H,7-8,10-11H2,1-2H3,(H,29,30,31). The topological polar surface area (TPSA) is 90.4 Å². The van der Waals surface area contributed by atoms with E-state index in [1.54, 1.807) is 25.8 Å². The van der Waals surface area contributed by atoms with E-state index in [0.29, 0.717) is 23.1 Å². The Morgan fingerprint density at radius 3 is 2.65 bits per heavy atom. The lowest BCUT2D eigenvalue weighted by Gasteiger charge is -2.25. The maximum absolute atomic E-state index is 6.31. The van der Waals surface area contributed by atoms with E-state index in [-0.39, 0.29) is 6.10 Å². The fourth-order valence-corrected chi connectivity index (χ4v) is 4.02. The number of anilines is 2. The molecule has 0 atom stereocenters. The van der Waals surface area contributed by atoms with E-state index >= 15 is 0 Å². The molecule has 8 nitrogen and oxygen atoms in total. The summed E-state index contributed by atoms with van der Waals surface area (Å²) in [7, 11) is 1.65. The van der Waals surface area contributed by atoms with Crippen LogP contribution in [-0.4, -0.2) is 41.3 Å². The summed E-state index contributed by atoms with van der Waals surface area (Å²) in [6.07, 6.45) is 7.04. The van der Waals surface area contributed by atoms with E-state index in [4.69, 9.17) is 14.2 Å². The average molecular weight is 458 g/mol. The Morgan fingerprint density at radius 2 is 1.88 bits per heavy atom. The summed E-state index contributed by atoms with van der Waals surface area (Å²) in [4.78, 5) is 13.0. The maximum atomic E-state index is 6.31. The zero-order chi connectivity index (χ0) is 23.3. The lowest BCUT2D eigenvalue weighted by Crippen LogP contribution is -2.34. The normalized spacial score (nSPS) is 14.1. The first-order chi connectivity index (χ1) is 16.7. The first-order valence-corrected chi connectivity index (χ1v) is 11.4. The Bertz CT molecular complexity index is 1280. The molecule has 0 amide bonds. The van der Waals surface area contributed by atoms with Gasteiger partial charge >= 0.3 is 0 Å². The van der Waals surface area contributed by atoms with Crippen molar-refractivity contribution >= 4 is 22.4 Å². The van der Waals surface area contributed by atoms with E-state index in [2.05, 4.69) is 25.6 Å². The second-order valence-electron chi connectivity index (χ2n) is 8.21. The van der Waals surface area contributed by atoms with Gasteiger partial charge in [-0.3, -0.25) is 4.98 Å². The SMILES string of the molecule is COc1cc2ncnc(Nc3ccc(Oc4cccnc4)c(C)c3)c2cc1OC1CCNCC1. The number of benzene rings is 2. The number of ether oxygens (including phenoxy) is 3. The molecule has 0 saturated carbocycles. The lowest BCUT2D eigenvalue weighted by molar-refractivity contribution is 0.157. The molecule has 0 unspecified atom stereocenters. The van der Waals surface area contributed by atoms with Gasteiger partial charge in [-0.25, -0.2) is 9.97 Å². The fourth-order valence-electron chi connectivity index (χ4n) is 4.02. The predicted octanol–water partition coefficient (Wildman–Crippen LogP) is 5.01. The van der Waals surface area contributed by atoms with Crippen molar-refractivity contribution in [3.8, 4) is 23.0 Å². The van der Waals surface area contributed by atoms with Crippen molar-refractivity contribution in [2.45, 2.75) is 25.9 Å². The Morgan fingerprint density at radius 1 is 1.00 bits per heavy atom. The monoisotopic (exact) mass is 457 g/mol. The molecule has 174 valence electrons. The Labute approximate surface area is 198 Å². The Balaban J connectivity index is 1.41. The maximum Gasteiger partial charge on any atom is 0.162 e. The molecule has 1 aliphatic rings. The van der Waals surface area contributed by atoms with E-state index in [1.807, 2.05) is 49.4 Å². The van der Waals surface area contributed by atoms with E-state index in [0.717, 1.165) is 53.8 Å². The summed E-state index contributed by atoms with van der Waals surface area (Å²) >= 11 is 0. The van der Waals surface area contributed by atoms with Gasteiger partial charge in [0.15, 0.2) is 11.5 Å². The molecule has 0 radical (unpaired) electrons. The van der Waals surface area contributed by atoms with E-state index in [9.17, 15) is 0 Å². The molecule has 0 bridgehead atoms. The summed E-state index contributed by atoms with van der Waals surface area (Å²) in [5, 5.41) is 7.65. The molecule has 2 aromatic carbocycles. The number of nitrogens with zero attached hydrogens (tertiary/aromatic N) is 3. The zero-order valence-electron chi connectivity index (χ0n) is 19.2. The molecule has 2 N–H and O–H groups in total. The van der Waals surface area contributed by atoms with Gasteiger partial charge in [-0.2, -0.15) is 0 Å². The van der Waals surface area contributed by atoms with Crippen molar-refractivity contribution in [3.05, 3.63) is 66.7 Å². The molecule has 8 heteroatoms. The van der Waals surface area contributed by atoms with Gasteiger partial charge in [-0.1, -0.05) is 0 Å². The highest BCUT2D eigenvalue weighted by Crippen LogP contribution is 2.36. The van der Waals surface area contributed by atoms with Gasteiger partial charge in [0.1, 0.15) is 29.7 Å². The summed E-state index contributed by atoms with van der Waals surface area (Å²) in [5.41, 5.74) is 2.66. The fraction of sp³-hybridized carbons (Fsp3) is 0.269. The van der Waals surface area contributed by atoms with Crippen molar-refractivity contribution in [3.63, 3.8) is 0 Å². The minimum Gasteiger partial charge on any atom is -0.493 e. The summed E-state index contributed by atoms with van der Waals surface area (Å²) in [6, 6.07) is 13.5. The van der Waals surface area contributed by atoms with Gasteiger partial charge in [0.25, 0.3) is 0 Å². The van der Waals surface area contributed by atoms with Crippen LogP contribution in [0.15, 0.2) is 61.2 Å². The summed E-state index contributed by atoms with van der Waals surface area (Å²) < 4.78 is 17.9. The highest BCUT2D eigenvalue weighted by molar-refractivity contribution is 5.93. The van der Waals surface area contributed by atoms with Crippen LogP contribution in [0.25, 0.3) is 10.9 Å². The first kappa shape index (κ1) is 21.9. The second-order valence-corrected chi connectivity index (χ2v) is 8.21. The van der Waals surface area contributed by atoms with Crippen LogP contribution in [-0.2, 0) is 0 Å². The lowest BCUT2D eigenvalue weighted by atomic mass is 10.1. The van der Waals surface area contributed by atoms with Crippen LogP contribution in [0, 0.1) is 6.92 Å². The molecular weight excluding hydrogens is 430 g/mol. The minimum absolute atomic E-state index is 0.156. The number of methoxy groups -OCH3 is 1. The smallest absolute Gasteiger partial charge is 0.162 e. The molecule has 3 heterocycles. The van der Waals surface area contributed by atoms with Crippen LogP contribution in [0.5, 0.6) is 23.0 Å². The molecule has 5 rings (SSSR count). The molecule has 1 fully saturated rings. The number of aryl methyl sites for hydroxylation is 1. The van der Waals surface area contributed by atoms with Gasteiger partial charge in [0.2, 0.25) is 0 Å². The Kier molecular flexibility index (Phi) is 6.40. The van der Waals surface area contributed by atoms with Gasteiger partial charge in [-0.05, 0) is 74.8 Å². The van der Waals surface area contributed by atoms with Gasteiger partial charge in [0, 0.05) is 23.3 Å². The third-order valence-corrected chi connectivity index (χ3v) is 5.80. The van der Waals surface area contributed by atoms with Crippen molar-refractivity contribution < 1.29 is 14.2 Å². The summed E-state index contributed by atoms with van der Waals surface area (Å²) in [6.45, 7) is 3.91. The van der Waals surface area contributed by atoms with Crippen molar-refractivity contribution in [1.29, 1.82) is 0 Å². The summed E-state index contributed by atoms with van der Waals surface area (Å²) in [5.74, 6) is 3.54.